The number of carbonyl (C=O) groups is 1. The molecule has 0 radical (unpaired) electrons. The molecular formula is C14H28N2O2. The minimum atomic E-state index is -0.698. The summed E-state index contributed by atoms with van der Waals surface area (Å²) in [5, 5.41) is 9.10. The Hall–Kier alpha value is -0.610. The van der Waals surface area contributed by atoms with Crippen molar-refractivity contribution in [1.29, 1.82) is 0 Å². The third-order valence-electron chi connectivity index (χ3n) is 4.07. The molecule has 0 aromatic rings. The topological polar surface area (TPSA) is 43.8 Å². The van der Waals surface area contributed by atoms with Crippen LogP contribution in [0.25, 0.3) is 0 Å². The standard InChI is InChI=1S/C14H28N2O2/c1-14(2,9-12(17)18)13(15(3)4)11-7-6-8-16(5)10-11/h11,13H,6-10H2,1-5H3,(H,17,18). The van der Waals surface area contributed by atoms with Crippen molar-refractivity contribution in [1.82, 2.24) is 9.80 Å². The second-order valence-electron chi connectivity index (χ2n) is 6.63. The van der Waals surface area contributed by atoms with Crippen LogP contribution in [0.2, 0.25) is 0 Å². The van der Waals surface area contributed by atoms with Crippen LogP contribution in [0, 0.1) is 11.3 Å². The number of likely N-dealkylation sites (tertiary alicyclic amines) is 1. The Morgan fingerprint density at radius 1 is 1.50 bits per heavy atom. The summed E-state index contributed by atoms with van der Waals surface area (Å²) in [6, 6.07) is 0.316. The number of carboxylic acids is 1. The minimum Gasteiger partial charge on any atom is -0.481 e. The van der Waals surface area contributed by atoms with Gasteiger partial charge in [0.25, 0.3) is 0 Å². The highest BCUT2D eigenvalue weighted by Gasteiger charge is 2.39. The number of nitrogens with zero attached hydrogens (tertiary/aromatic N) is 2. The molecule has 0 aromatic heterocycles. The predicted molar refractivity (Wildman–Crippen MR) is 73.7 cm³/mol. The van der Waals surface area contributed by atoms with E-state index in [0.29, 0.717) is 12.0 Å². The summed E-state index contributed by atoms with van der Waals surface area (Å²) in [5.41, 5.74) is -0.196. The molecule has 0 aliphatic carbocycles. The third kappa shape index (κ3) is 3.95. The molecule has 0 aromatic carbocycles. The quantitative estimate of drug-likeness (QED) is 0.814. The number of rotatable bonds is 5. The van der Waals surface area contributed by atoms with Crippen LogP contribution in [0.1, 0.15) is 33.1 Å². The Kier molecular flexibility index (Phi) is 5.17. The van der Waals surface area contributed by atoms with E-state index in [1.54, 1.807) is 0 Å². The molecule has 4 heteroatoms. The molecule has 0 spiro atoms. The first kappa shape index (κ1) is 15.4. The van der Waals surface area contributed by atoms with Crippen molar-refractivity contribution in [2.24, 2.45) is 11.3 Å². The van der Waals surface area contributed by atoms with Crippen LogP contribution in [-0.4, -0.2) is 61.2 Å². The van der Waals surface area contributed by atoms with E-state index < -0.39 is 5.97 Å². The fourth-order valence-electron chi connectivity index (χ4n) is 3.72. The summed E-state index contributed by atoms with van der Waals surface area (Å²) < 4.78 is 0. The lowest BCUT2D eigenvalue weighted by atomic mass is 9.72. The first-order valence-electron chi connectivity index (χ1n) is 6.81. The molecule has 106 valence electrons. The summed E-state index contributed by atoms with van der Waals surface area (Å²) in [4.78, 5) is 15.6. The normalized spacial score (nSPS) is 24.2. The van der Waals surface area contributed by atoms with Gasteiger partial charge in [0.2, 0.25) is 0 Å². The van der Waals surface area contributed by atoms with Crippen molar-refractivity contribution in [3.8, 4) is 0 Å². The van der Waals surface area contributed by atoms with E-state index in [0.717, 1.165) is 13.1 Å². The Labute approximate surface area is 111 Å². The van der Waals surface area contributed by atoms with Crippen molar-refractivity contribution < 1.29 is 9.90 Å². The summed E-state index contributed by atoms with van der Waals surface area (Å²) >= 11 is 0. The summed E-state index contributed by atoms with van der Waals surface area (Å²) in [5.74, 6) is -0.135. The maximum atomic E-state index is 11.1. The van der Waals surface area contributed by atoms with Crippen molar-refractivity contribution in [3.05, 3.63) is 0 Å². The minimum absolute atomic E-state index is 0.196. The van der Waals surface area contributed by atoms with Crippen LogP contribution in [0.15, 0.2) is 0 Å². The van der Waals surface area contributed by atoms with Gasteiger partial charge < -0.3 is 14.9 Å². The zero-order chi connectivity index (χ0) is 13.9. The summed E-state index contributed by atoms with van der Waals surface area (Å²) in [6.45, 7) is 6.41. The molecule has 0 amide bonds. The molecule has 1 heterocycles. The second kappa shape index (κ2) is 6.02. The van der Waals surface area contributed by atoms with Crippen LogP contribution in [0.3, 0.4) is 0 Å². The van der Waals surface area contributed by atoms with Gasteiger partial charge in [-0.3, -0.25) is 4.79 Å². The van der Waals surface area contributed by atoms with Crippen molar-refractivity contribution in [3.63, 3.8) is 0 Å². The third-order valence-corrected chi connectivity index (χ3v) is 4.07. The van der Waals surface area contributed by atoms with Crippen LogP contribution in [0.5, 0.6) is 0 Å². The molecule has 2 atom stereocenters. The number of carboxylic acid groups (broad SMARTS) is 1. The molecule has 4 nitrogen and oxygen atoms in total. The summed E-state index contributed by atoms with van der Waals surface area (Å²) in [6.07, 6.45) is 2.65. The lowest BCUT2D eigenvalue weighted by molar-refractivity contribution is -0.140. The van der Waals surface area contributed by atoms with E-state index in [1.807, 2.05) is 0 Å². The monoisotopic (exact) mass is 256 g/mol. The van der Waals surface area contributed by atoms with Crippen molar-refractivity contribution >= 4 is 5.97 Å². The maximum Gasteiger partial charge on any atom is 0.303 e. The van der Waals surface area contributed by atoms with Gasteiger partial charge in [0, 0.05) is 12.6 Å². The molecule has 1 aliphatic rings. The molecule has 1 fully saturated rings. The Balaban J connectivity index is 2.84. The van der Waals surface area contributed by atoms with Crippen LogP contribution < -0.4 is 0 Å². The van der Waals surface area contributed by atoms with Crippen LogP contribution >= 0.6 is 0 Å². The van der Waals surface area contributed by atoms with E-state index in [2.05, 4.69) is 44.8 Å². The summed E-state index contributed by atoms with van der Waals surface area (Å²) in [7, 11) is 6.30. The van der Waals surface area contributed by atoms with Gasteiger partial charge in [0.05, 0.1) is 6.42 Å². The van der Waals surface area contributed by atoms with Crippen molar-refractivity contribution in [2.45, 2.75) is 39.2 Å². The molecule has 1 N–H and O–H groups in total. The lowest BCUT2D eigenvalue weighted by Gasteiger charge is -2.46. The maximum absolute atomic E-state index is 11.1. The highest BCUT2D eigenvalue weighted by molar-refractivity contribution is 5.67. The average molecular weight is 256 g/mol. The molecule has 1 rings (SSSR count). The molecule has 1 aliphatic heterocycles. The van der Waals surface area contributed by atoms with Crippen LogP contribution in [-0.2, 0) is 4.79 Å². The van der Waals surface area contributed by atoms with E-state index in [1.165, 1.54) is 12.8 Å². The van der Waals surface area contributed by atoms with Crippen molar-refractivity contribution in [2.75, 3.05) is 34.2 Å². The molecular weight excluding hydrogens is 228 g/mol. The smallest absolute Gasteiger partial charge is 0.303 e. The van der Waals surface area contributed by atoms with Gasteiger partial charge in [-0.2, -0.15) is 0 Å². The predicted octanol–water partition coefficient (Wildman–Crippen LogP) is 1.76. The average Bonchev–Trinajstić information content (AvgIpc) is 2.13. The second-order valence-corrected chi connectivity index (χ2v) is 6.63. The number of hydrogen-bond donors (Lipinski definition) is 1. The number of aliphatic carboxylic acids is 1. The fraction of sp³-hybridized carbons (Fsp3) is 0.929. The van der Waals surface area contributed by atoms with Gasteiger partial charge in [-0.1, -0.05) is 13.8 Å². The first-order chi connectivity index (χ1) is 8.24. The zero-order valence-electron chi connectivity index (χ0n) is 12.4. The number of hydrogen-bond acceptors (Lipinski definition) is 3. The molecule has 1 saturated heterocycles. The zero-order valence-corrected chi connectivity index (χ0v) is 12.4. The van der Waals surface area contributed by atoms with E-state index in [4.69, 9.17) is 5.11 Å². The Morgan fingerprint density at radius 3 is 2.56 bits per heavy atom. The van der Waals surface area contributed by atoms with E-state index in [-0.39, 0.29) is 11.8 Å². The largest absolute Gasteiger partial charge is 0.481 e. The van der Waals surface area contributed by atoms with Gasteiger partial charge in [-0.25, -0.2) is 0 Å². The Morgan fingerprint density at radius 2 is 2.11 bits per heavy atom. The van der Waals surface area contributed by atoms with E-state index >= 15 is 0 Å². The number of piperidine rings is 1. The van der Waals surface area contributed by atoms with Gasteiger partial charge in [0.1, 0.15) is 0 Å². The van der Waals surface area contributed by atoms with Gasteiger partial charge >= 0.3 is 5.97 Å². The van der Waals surface area contributed by atoms with Gasteiger partial charge in [-0.15, -0.1) is 0 Å². The fourth-order valence-corrected chi connectivity index (χ4v) is 3.72. The lowest BCUT2D eigenvalue weighted by Crippen LogP contribution is -2.51. The molecule has 0 saturated carbocycles. The SMILES string of the molecule is CN1CCCC(C(N(C)C)C(C)(C)CC(=O)O)C1. The molecule has 2 unspecified atom stereocenters. The highest BCUT2D eigenvalue weighted by atomic mass is 16.4. The first-order valence-corrected chi connectivity index (χ1v) is 6.81. The molecule has 0 bridgehead atoms. The van der Waals surface area contributed by atoms with Gasteiger partial charge in [-0.05, 0) is 51.9 Å². The van der Waals surface area contributed by atoms with E-state index in [9.17, 15) is 4.79 Å². The Bertz CT molecular complexity index is 290. The van der Waals surface area contributed by atoms with Gasteiger partial charge in [0.15, 0.2) is 0 Å². The highest BCUT2D eigenvalue weighted by Crippen LogP contribution is 2.36. The van der Waals surface area contributed by atoms with Crippen LogP contribution in [0.4, 0.5) is 0 Å². The molecule has 18 heavy (non-hydrogen) atoms.